The van der Waals surface area contributed by atoms with Gasteiger partial charge in [-0.05, 0) is 42.1 Å². The van der Waals surface area contributed by atoms with Crippen LogP contribution in [0.5, 0.6) is 0 Å². The van der Waals surface area contributed by atoms with Crippen LogP contribution in [0.15, 0.2) is 29.6 Å². The Morgan fingerprint density at radius 3 is 2.35 bits per heavy atom. The Balaban J connectivity index is 2.58. The van der Waals surface area contributed by atoms with Gasteiger partial charge in [-0.25, -0.2) is 4.39 Å². The molecule has 0 spiro atoms. The van der Waals surface area contributed by atoms with Crippen molar-refractivity contribution in [1.29, 1.82) is 0 Å². The lowest BCUT2D eigenvalue weighted by Gasteiger charge is -2.09. The van der Waals surface area contributed by atoms with Crippen molar-refractivity contribution in [3.05, 3.63) is 46.6 Å². The van der Waals surface area contributed by atoms with E-state index in [1.807, 2.05) is 0 Å². The van der Waals surface area contributed by atoms with E-state index in [0.29, 0.717) is 4.88 Å². The zero-order valence-electron chi connectivity index (χ0n) is 8.81. The van der Waals surface area contributed by atoms with Gasteiger partial charge in [0.2, 0.25) is 0 Å². The number of aryl methyl sites for hydroxylation is 1. The summed E-state index contributed by atoms with van der Waals surface area (Å²) in [7, 11) is 0. The quantitative estimate of drug-likeness (QED) is 0.641. The number of benzene rings is 1. The second kappa shape index (κ2) is 4.14. The maximum Gasteiger partial charge on any atom is 0.416 e. The lowest BCUT2D eigenvalue weighted by molar-refractivity contribution is -0.137. The predicted molar refractivity (Wildman–Crippen MR) is 59.5 cm³/mol. The van der Waals surface area contributed by atoms with Gasteiger partial charge in [0, 0.05) is 10.4 Å². The van der Waals surface area contributed by atoms with Crippen molar-refractivity contribution in [2.24, 2.45) is 0 Å². The van der Waals surface area contributed by atoms with Gasteiger partial charge in [-0.1, -0.05) is 0 Å². The average Bonchev–Trinajstić information content (AvgIpc) is 2.63. The van der Waals surface area contributed by atoms with E-state index in [9.17, 15) is 17.6 Å². The van der Waals surface area contributed by atoms with Gasteiger partial charge in [0.05, 0.1) is 5.56 Å². The van der Waals surface area contributed by atoms with Gasteiger partial charge >= 0.3 is 6.18 Å². The first-order valence-corrected chi connectivity index (χ1v) is 5.69. The van der Waals surface area contributed by atoms with E-state index in [-0.39, 0.29) is 5.56 Å². The van der Waals surface area contributed by atoms with E-state index >= 15 is 0 Å². The molecular weight excluding hydrogens is 252 g/mol. The average molecular weight is 260 g/mol. The normalized spacial score (nSPS) is 11.8. The Hall–Kier alpha value is -1.36. The fourth-order valence-corrected chi connectivity index (χ4v) is 2.47. The number of alkyl halides is 3. The Kier molecular flexibility index (Phi) is 2.95. The summed E-state index contributed by atoms with van der Waals surface area (Å²) in [6.45, 7) is 1.74. The van der Waals surface area contributed by atoms with Crippen molar-refractivity contribution >= 4 is 11.3 Å². The maximum absolute atomic E-state index is 13.5. The summed E-state index contributed by atoms with van der Waals surface area (Å²) in [5.74, 6) is -0.636. The molecule has 0 aliphatic heterocycles. The molecule has 0 N–H and O–H groups in total. The van der Waals surface area contributed by atoms with Gasteiger partial charge in [-0.15, -0.1) is 11.3 Å². The summed E-state index contributed by atoms with van der Waals surface area (Å²) < 4.78 is 51.1. The van der Waals surface area contributed by atoms with Crippen LogP contribution < -0.4 is 0 Å². The van der Waals surface area contributed by atoms with E-state index < -0.39 is 17.6 Å². The summed E-state index contributed by atoms with van der Waals surface area (Å²) in [4.78, 5) is 0.536. The van der Waals surface area contributed by atoms with Crippen LogP contribution in [0, 0.1) is 12.7 Å². The van der Waals surface area contributed by atoms with Crippen molar-refractivity contribution in [1.82, 2.24) is 0 Å². The van der Waals surface area contributed by atoms with Crippen molar-refractivity contribution < 1.29 is 17.6 Å². The monoisotopic (exact) mass is 260 g/mol. The third-order valence-electron chi connectivity index (χ3n) is 2.40. The fraction of sp³-hybridized carbons (Fsp3) is 0.167. The molecule has 0 amide bonds. The minimum atomic E-state index is -4.45. The Labute approximate surface area is 99.5 Å². The maximum atomic E-state index is 13.5. The SMILES string of the molecule is Cc1ccsc1-c1cc(C(F)(F)F)ccc1F. The smallest absolute Gasteiger partial charge is 0.206 e. The van der Waals surface area contributed by atoms with Gasteiger partial charge < -0.3 is 0 Å². The first-order chi connectivity index (χ1) is 7.89. The van der Waals surface area contributed by atoms with Crippen LogP contribution in [-0.2, 0) is 6.18 Å². The van der Waals surface area contributed by atoms with E-state index in [2.05, 4.69) is 0 Å². The largest absolute Gasteiger partial charge is 0.416 e. The van der Waals surface area contributed by atoms with E-state index in [1.54, 1.807) is 18.4 Å². The van der Waals surface area contributed by atoms with Gasteiger partial charge in [0.1, 0.15) is 5.82 Å². The van der Waals surface area contributed by atoms with Crippen molar-refractivity contribution in [3.63, 3.8) is 0 Å². The van der Waals surface area contributed by atoms with Gasteiger partial charge in [0.15, 0.2) is 0 Å². The van der Waals surface area contributed by atoms with Crippen LogP contribution in [0.25, 0.3) is 10.4 Å². The fourth-order valence-electron chi connectivity index (χ4n) is 1.52. The molecular formula is C12H8F4S. The van der Waals surface area contributed by atoms with Crippen LogP contribution >= 0.6 is 11.3 Å². The molecule has 2 aromatic rings. The summed E-state index contributed by atoms with van der Waals surface area (Å²) in [6.07, 6.45) is -4.45. The molecule has 0 nitrogen and oxygen atoms in total. The third-order valence-corrected chi connectivity index (χ3v) is 3.45. The molecule has 0 radical (unpaired) electrons. The third kappa shape index (κ3) is 2.34. The lowest BCUT2D eigenvalue weighted by atomic mass is 10.1. The molecule has 2 rings (SSSR count). The zero-order chi connectivity index (χ0) is 12.6. The molecule has 0 bridgehead atoms. The van der Waals surface area contributed by atoms with Gasteiger partial charge in [0.25, 0.3) is 0 Å². The van der Waals surface area contributed by atoms with Crippen LogP contribution in [0.4, 0.5) is 17.6 Å². The minimum absolute atomic E-state index is 0.00678. The molecule has 5 heteroatoms. The summed E-state index contributed by atoms with van der Waals surface area (Å²) in [5.41, 5.74) is -0.0535. The molecule has 1 aromatic heterocycles. The highest BCUT2D eigenvalue weighted by Crippen LogP contribution is 2.36. The van der Waals surface area contributed by atoms with Crippen molar-refractivity contribution in [3.8, 4) is 10.4 Å². The minimum Gasteiger partial charge on any atom is -0.206 e. The molecule has 0 saturated carbocycles. The zero-order valence-corrected chi connectivity index (χ0v) is 9.62. The van der Waals surface area contributed by atoms with E-state index in [4.69, 9.17) is 0 Å². The van der Waals surface area contributed by atoms with Crippen molar-refractivity contribution in [2.75, 3.05) is 0 Å². The van der Waals surface area contributed by atoms with Crippen molar-refractivity contribution in [2.45, 2.75) is 13.1 Å². The number of hydrogen-bond donors (Lipinski definition) is 0. The highest BCUT2D eigenvalue weighted by Gasteiger charge is 2.31. The molecule has 0 atom stereocenters. The molecule has 0 unspecified atom stereocenters. The number of halogens is 4. The predicted octanol–water partition coefficient (Wildman–Crippen LogP) is 4.88. The molecule has 0 aliphatic carbocycles. The Bertz CT molecular complexity index is 540. The van der Waals surface area contributed by atoms with Crippen LogP contribution in [0.1, 0.15) is 11.1 Å². The molecule has 1 aromatic carbocycles. The highest BCUT2D eigenvalue weighted by atomic mass is 32.1. The summed E-state index contributed by atoms with van der Waals surface area (Å²) >= 11 is 1.23. The van der Waals surface area contributed by atoms with Gasteiger partial charge in [-0.3, -0.25) is 0 Å². The van der Waals surface area contributed by atoms with Crippen LogP contribution in [0.3, 0.4) is 0 Å². The first kappa shape index (κ1) is 12.1. The lowest BCUT2D eigenvalue weighted by Crippen LogP contribution is -2.05. The molecule has 0 saturated heterocycles. The topological polar surface area (TPSA) is 0 Å². The van der Waals surface area contributed by atoms with E-state index in [1.165, 1.54) is 11.3 Å². The molecule has 0 fully saturated rings. The summed E-state index contributed by atoms with van der Waals surface area (Å²) in [6, 6.07) is 4.22. The second-order valence-corrected chi connectivity index (χ2v) is 4.54. The first-order valence-electron chi connectivity index (χ1n) is 4.81. The molecule has 0 aliphatic rings. The summed E-state index contributed by atoms with van der Waals surface area (Å²) in [5, 5.41) is 1.73. The number of rotatable bonds is 1. The highest BCUT2D eigenvalue weighted by molar-refractivity contribution is 7.13. The standard InChI is InChI=1S/C12H8F4S/c1-7-4-5-17-11(7)9-6-8(12(14,15)16)2-3-10(9)13/h2-6H,1H3. The molecule has 90 valence electrons. The van der Waals surface area contributed by atoms with Crippen LogP contribution in [-0.4, -0.2) is 0 Å². The number of hydrogen-bond acceptors (Lipinski definition) is 1. The Morgan fingerprint density at radius 2 is 1.82 bits per heavy atom. The Morgan fingerprint density at radius 1 is 1.12 bits per heavy atom. The molecule has 17 heavy (non-hydrogen) atoms. The van der Waals surface area contributed by atoms with Crippen LogP contribution in [0.2, 0.25) is 0 Å². The second-order valence-electron chi connectivity index (χ2n) is 3.63. The number of thiophene rings is 1. The molecule has 1 heterocycles. The van der Waals surface area contributed by atoms with E-state index in [0.717, 1.165) is 23.8 Å². The van der Waals surface area contributed by atoms with Gasteiger partial charge in [-0.2, -0.15) is 13.2 Å².